The highest BCUT2D eigenvalue weighted by atomic mass is 16.5. The Morgan fingerprint density at radius 3 is 2.57 bits per heavy atom. The van der Waals surface area contributed by atoms with Crippen molar-refractivity contribution < 1.29 is 9.84 Å². The predicted molar refractivity (Wildman–Crippen MR) is 84.7 cm³/mol. The standard InChI is InChI=1S/C18H21NO2/c1-21-18-4-2-3-14(11-18)15-9-17(10-15)19-16-7-5-13(12-20)6-8-16/h2-8,11,15,17,19-20H,9-10,12H2,1H3. The van der Waals surface area contributed by atoms with Crippen LogP contribution in [0.3, 0.4) is 0 Å². The van der Waals surface area contributed by atoms with Crippen LogP contribution in [0.25, 0.3) is 0 Å². The third kappa shape index (κ3) is 3.19. The predicted octanol–water partition coefficient (Wildman–Crippen LogP) is 3.55. The number of aliphatic hydroxyl groups excluding tert-OH is 1. The van der Waals surface area contributed by atoms with E-state index in [9.17, 15) is 0 Å². The van der Waals surface area contributed by atoms with Crippen molar-refractivity contribution in [1.82, 2.24) is 0 Å². The van der Waals surface area contributed by atoms with E-state index < -0.39 is 0 Å². The van der Waals surface area contributed by atoms with Gasteiger partial charge in [-0.3, -0.25) is 0 Å². The summed E-state index contributed by atoms with van der Waals surface area (Å²) in [4.78, 5) is 0. The average Bonchev–Trinajstić information content (AvgIpc) is 2.51. The highest BCUT2D eigenvalue weighted by Gasteiger charge is 2.30. The summed E-state index contributed by atoms with van der Waals surface area (Å²) < 4.78 is 5.28. The van der Waals surface area contributed by atoms with Crippen molar-refractivity contribution in [2.45, 2.75) is 31.4 Å². The molecule has 0 aromatic heterocycles. The molecule has 0 radical (unpaired) electrons. The normalized spacial score (nSPS) is 20.7. The molecule has 0 bridgehead atoms. The summed E-state index contributed by atoms with van der Waals surface area (Å²) in [6.45, 7) is 0.0988. The molecule has 0 atom stereocenters. The largest absolute Gasteiger partial charge is 0.497 e. The number of methoxy groups -OCH3 is 1. The van der Waals surface area contributed by atoms with Gasteiger partial charge in [-0.25, -0.2) is 0 Å². The monoisotopic (exact) mass is 283 g/mol. The van der Waals surface area contributed by atoms with Gasteiger partial charge in [0.25, 0.3) is 0 Å². The molecule has 0 aliphatic heterocycles. The van der Waals surface area contributed by atoms with Crippen molar-refractivity contribution in [1.29, 1.82) is 0 Å². The Hall–Kier alpha value is -2.00. The van der Waals surface area contributed by atoms with Crippen LogP contribution in [0.2, 0.25) is 0 Å². The van der Waals surface area contributed by atoms with Crippen molar-refractivity contribution in [2.75, 3.05) is 12.4 Å². The Labute approximate surface area is 125 Å². The lowest BCUT2D eigenvalue weighted by Gasteiger charge is -2.37. The average molecular weight is 283 g/mol. The lowest BCUT2D eigenvalue weighted by molar-refractivity contribution is 0.282. The summed E-state index contributed by atoms with van der Waals surface area (Å²) in [5.41, 5.74) is 3.44. The van der Waals surface area contributed by atoms with Crippen LogP contribution < -0.4 is 10.1 Å². The van der Waals surface area contributed by atoms with Crippen LogP contribution in [0.1, 0.15) is 29.9 Å². The molecular weight excluding hydrogens is 262 g/mol. The molecule has 110 valence electrons. The van der Waals surface area contributed by atoms with Gasteiger partial charge in [0.1, 0.15) is 5.75 Å². The van der Waals surface area contributed by atoms with Gasteiger partial charge in [0.05, 0.1) is 13.7 Å². The molecule has 1 saturated carbocycles. The molecule has 0 unspecified atom stereocenters. The number of aliphatic hydroxyl groups is 1. The molecule has 2 N–H and O–H groups in total. The molecule has 21 heavy (non-hydrogen) atoms. The van der Waals surface area contributed by atoms with Crippen molar-refractivity contribution in [3.8, 4) is 5.75 Å². The highest BCUT2D eigenvalue weighted by Crippen LogP contribution is 2.39. The Morgan fingerprint density at radius 2 is 1.90 bits per heavy atom. The molecule has 3 nitrogen and oxygen atoms in total. The van der Waals surface area contributed by atoms with E-state index in [2.05, 4.69) is 23.5 Å². The molecule has 2 aromatic carbocycles. The highest BCUT2D eigenvalue weighted by molar-refractivity contribution is 5.46. The van der Waals surface area contributed by atoms with E-state index in [0.29, 0.717) is 12.0 Å². The Morgan fingerprint density at radius 1 is 1.14 bits per heavy atom. The second-order valence-corrected chi connectivity index (χ2v) is 5.64. The Balaban J connectivity index is 1.55. The van der Waals surface area contributed by atoms with Gasteiger partial charge < -0.3 is 15.2 Å². The fourth-order valence-corrected chi connectivity index (χ4v) is 2.85. The number of rotatable bonds is 5. The van der Waals surface area contributed by atoms with Gasteiger partial charge in [-0.05, 0) is 54.2 Å². The number of ether oxygens (including phenoxy) is 1. The molecular formula is C18H21NO2. The van der Waals surface area contributed by atoms with Gasteiger partial charge in [0, 0.05) is 11.7 Å². The molecule has 0 amide bonds. The van der Waals surface area contributed by atoms with Gasteiger partial charge in [-0.1, -0.05) is 24.3 Å². The Kier molecular flexibility index (Phi) is 4.11. The molecule has 1 fully saturated rings. The zero-order chi connectivity index (χ0) is 14.7. The minimum Gasteiger partial charge on any atom is -0.497 e. The van der Waals surface area contributed by atoms with Crippen LogP contribution in [0.4, 0.5) is 5.69 Å². The minimum absolute atomic E-state index is 0.0988. The first-order valence-corrected chi connectivity index (χ1v) is 7.39. The summed E-state index contributed by atoms with van der Waals surface area (Å²) in [5.74, 6) is 1.55. The number of nitrogens with one attached hydrogen (secondary N) is 1. The fraction of sp³-hybridized carbons (Fsp3) is 0.333. The smallest absolute Gasteiger partial charge is 0.119 e. The molecule has 2 aromatic rings. The zero-order valence-corrected chi connectivity index (χ0v) is 12.3. The number of anilines is 1. The first kappa shape index (κ1) is 14.0. The quantitative estimate of drug-likeness (QED) is 0.882. The van der Waals surface area contributed by atoms with Gasteiger partial charge in [0.15, 0.2) is 0 Å². The van der Waals surface area contributed by atoms with Crippen LogP contribution in [0, 0.1) is 0 Å². The van der Waals surface area contributed by atoms with Crippen LogP contribution in [-0.2, 0) is 6.61 Å². The maximum absolute atomic E-state index is 9.04. The number of hydrogen-bond donors (Lipinski definition) is 2. The summed E-state index contributed by atoms with van der Waals surface area (Å²) in [5, 5.41) is 12.6. The molecule has 1 aliphatic carbocycles. The first-order valence-electron chi connectivity index (χ1n) is 7.39. The second kappa shape index (κ2) is 6.19. The van der Waals surface area contributed by atoms with Crippen molar-refractivity contribution in [2.24, 2.45) is 0 Å². The van der Waals surface area contributed by atoms with Crippen molar-refractivity contribution >= 4 is 5.69 Å². The van der Waals surface area contributed by atoms with E-state index in [-0.39, 0.29) is 6.61 Å². The number of benzene rings is 2. The molecule has 1 aliphatic rings. The van der Waals surface area contributed by atoms with E-state index in [1.54, 1.807) is 7.11 Å². The lowest BCUT2D eigenvalue weighted by Crippen LogP contribution is -2.33. The van der Waals surface area contributed by atoms with Crippen molar-refractivity contribution in [3.63, 3.8) is 0 Å². The zero-order valence-electron chi connectivity index (χ0n) is 12.3. The second-order valence-electron chi connectivity index (χ2n) is 5.64. The molecule has 0 heterocycles. The van der Waals surface area contributed by atoms with Crippen LogP contribution in [0.15, 0.2) is 48.5 Å². The van der Waals surface area contributed by atoms with Gasteiger partial charge >= 0.3 is 0 Å². The summed E-state index contributed by atoms with van der Waals surface area (Å²) in [6, 6.07) is 16.9. The van der Waals surface area contributed by atoms with Crippen LogP contribution in [0.5, 0.6) is 5.75 Å². The SMILES string of the molecule is COc1cccc(C2CC(Nc3ccc(CO)cc3)C2)c1. The van der Waals surface area contributed by atoms with E-state index in [1.807, 2.05) is 30.3 Å². The van der Waals surface area contributed by atoms with E-state index in [0.717, 1.165) is 29.8 Å². The first-order chi connectivity index (χ1) is 10.3. The lowest BCUT2D eigenvalue weighted by atomic mass is 9.76. The third-order valence-electron chi connectivity index (χ3n) is 4.21. The minimum atomic E-state index is 0.0988. The number of hydrogen-bond acceptors (Lipinski definition) is 3. The van der Waals surface area contributed by atoms with Gasteiger partial charge in [-0.2, -0.15) is 0 Å². The van der Waals surface area contributed by atoms with Crippen molar-refractivity contribution in [3.05, 3.63) is 59.7 Å². The van der Waals surface area contributed by atoms with Crippen LogP contribution >= 0.6 is 0 Å². The van der Waals surface area contributed by atoms with E-state index in [1.165, 1.54) is 5.56 Å². The summed E-state index contributed by atoms with van der Waals surface area (Å²) in [6.07, 6.45) is 2.30. The fourth-order valence-electron chi connectivity index (χ4n) is 2.85. The van der Waals surface area contributed by atoms with E-state index >= 15 is 0 Å². The topological polar surface area (TPSA) is 41.5 Å². The van der Waals surface area contributed by atoms with Gasteiger partial charge in [-0.15, -0.1) is 0 Å². The summed E-state index contributed by atoms with van der Waals surface area (Å²) in [7, 11) is 1.71. The molecule has 3 rings (SSSR count). The molecule has 3 heteroatoms. The van der Waals surface area contributed by atoms with Gasteiger partial charge in [0.2, 0.25) is 0 Å². The maximum atomic E-state index is 9.04. The third-order valence-corrected chi connectivity index (χ3v) is 4.21. The summed E-state index contributed by atoms with van der Waals surface area (Å²) >= 11 is 0. The van der Waals surface area contributed by atoms with Crippen LogP contribution in [-0.4, -0.2) is 18.3 Å². The molecule has 0 saturated heterocycles. The Bertz CT molecular complexity index is 588. The molecule has 0 spiro atoms. The maximum Gasteiger partial charge on any atom is 0.119 e. The van der Waals surface area contributed by atoms with E-state index in [4.69, 9.17) is 9.84 Å².